The summed E-state index contributed by atoms with van der Waals surface area (Å²) in [6.07, 6.45) is 0. The number of nitrogens with one attached hydrogen (secondary N) is 1. The van der Waals surface area contributed by atoms with Crippen LogP contribution < -0.4 is 5.43 Å². The number of carbonyl (C=O) groups excluding carboxylic acids is 1. The maximum absolute atomic E-state index is 13.0. The summed E-state index contributed by atoms with van der Waals surface area (Å²) >= 11 is 3.96. The lowest BCUT2D eigenvalue weighted by Gasteiger charge is -2.32. The van der Waals surface area contributed by atoms with Crippen molar-refractivity contribution in [3.8, 4) is 0 Å². The van der Waals surface area contributed by atoms with E-state index >= 15 is 0 Å². The molecule has 0 radical (unpaired) electrons. The number of hydrogen-bond acceptors (Lipinski definition) is 4. The summed E-state index contributed by atoms with van der Waals surface area (Å²) < 4.78 is 13.0. The Balaban J connectivity index is 1.97. The Morgan fingerprint density at radius 3 is 2.61 bits per heavy atom. The molecule has 2 rings (SSSR count). The molecule has 1 aliphatic heterocycles. The summed E-state index contributed by atoms with van der Waals surface area (Å²) in [4.78, 5) is 14.3. The van der Waals surface area contributed by atoms with Crippen LogP contribution in [0, 0.1) is 5.82 Å². The van der Waals surface area contributed by atoms with Gasteiger partial charge < -0.3 is 4.90 Å². The average molecular weight is 269 g/mol. The number of likely N-dealkylation sites (N-methyl/N-ethyl adjacent to an activating group) is 1. The number of rotatable bonds is 2. The predicted molar refractivity (Wildman–Crippen MR) is 70.2 cm³/mol. The molecule has 1 saturated heterocycles. The van der Waals surface area contributed by atoms with E-state index in [1.807, 2.05) is 12.1 Å². The van der Waals surface area contributed by atoms with Gasteiger partial charge in [0.25, 0.3) is 5.91 Å². The third-order valence-corrected chi connectivity index (χ3v) is 3.31. The Morgan fingerprint density at radius 1 is 1.33 bits per heavy atom. The number of piperazine rings is 1. The Morgan fingerprint density at radius 2 is 2.00 bits per heavy atom. The molecule has 0 bridgehead atoms. The van der Waals surface area contributed by atoms with E-state index in [4.69, 9.17) is 0 Å². The van der Waals surface area contributed by atoms with Crippen molar-refractivity contribution < 1.29 is 9.18 Å². The van der Waals surface area contributed by atoms with E-state index in [1.165, 1.54) is 18.2 Å². The topological polar surface area (TPSA) is 35.6 Å². The number of nitrogens with zero attached hydrogens (tertiary/aromatic N) is 2. The molecule has 1 heterocycles. The monoisotopic (exact) mass is 269 g/mol. The van der Waals surface area contributed by atoms with Gasteiger partial charge in [-0.05, 0) is 25.2 Å². The normalized spacial score (nSPS) is 17.7. The van der Waals surface area contributed by atoms with Gasteiger partial charge in [-0.2, -0.15) is 0 Å². The second-order valence-electron chi connectivity index (χ2n) is 4.40. The van der Waals surface area contributed by atoms with E-state index in [9.17, 15) is 9.18 Å². The Labute approximate surface area is 111 Å². The molecule has 0 aliphatic carbocycles. The van der Waals surface area contributed by atoms with Gasteiger partial charge in [0.05, 0.1) is 0 Å². The molecule has 6 heteroatoms. The summed E-state index contributed by atoms with van der Waals surface area (Å²) in [7, 11) is 2.05. The summed E-state index contributed by atoms with van der Waals surface area (Å²) in [5, 5.41) is 1.88. The largest absolute Gasteiger partial charge is 0.304 e. The van der Waals surface area contributed by atoms with Crippen LogP contribution in [0.3, 0.4) is 0 Å². The molecular weight excluding hydrogens is 253 g/mol. The van der Waals surface area contributed by atoms with E-state index in [0.29, 0.717) is 5.56 Å². The standard InChI is InChI=1S/C12H16FN3OS/c1-15-4-6-16(7-5-15)14-12(17)9-2-3-10(13)11(18)8-9/h2-3,8,18H,4-7H2,1H3,(H,14,17). The second-order valence-corrected chi connectivity index (χ2v) is 4.88. The van der Waals surface area contributed by atoms with Crippen molar-refractivity contribution in [3.05, 3.63) is 29.6 Å². The van der Waals surface area contributed by atoms with Gasteiger partial charge >= 0.3 is 0 Å². The molecule has 0 atom stereocenters. The molecular formula is C12H16FN3OS. The summed E-state index contributed by atoms with van der Waals surface area (Å²) in [6.45, 7) is 3.41. The van der Waals surface area contributed by atoms with Crippen molar-refractivity contribution in [1.82, 2.24) is 15.3 Å². The quantitative estimate of drug-likeness (QED) is 0.787. The van der Waals surface area contributed by atoms with Gasteiger partial charge in [-0.1, -0.05) is 0 Å². The lowest BCUT2D eigenvalue weighted by atomic mass is 10.2. The number of thiol groups is 1. The maximum atomic E-state index is 13.0. The van der Waals surface area contributed by atoms with Gasteiger partial charge in [-0.3, -0.25) is 10.2 Å². The highest BCUT2D eigenvalue weighted by Gasteiger charge is 2.16. The first-order valence-electron chi connectivity index (χ1n) is 5.79. The van der Waals surface area contributed by atoms with Gasteiger partial charge in [0.1, 0.15) is 5.82 Å². The molecule has 1 aromatic rings. The Kier molecular flexibility index (Phi) is 4.21. The smallest absolute Gasteiger partial charge is 0.265 e. The predicted octanol–water partition coefficient (Wildman–Crippen LogP) is 1.01. The average Bonchev–Trinajstić information content (AvgIpc) is 2.35. The van der Waals surface area contributed by atoms with Crippen LogP contribution in [0.2, 0.25) is 0 Å². The molecule has 98 valence electrons. The van der Waals surface area contributed by atoms with Crippen LogP contribution in [0.4, 0.5) is 4.39 Å². The molecule has 0 unspecified atom stereocenters. The zero-order valence-electron chi connectivity index (χ0n) is 10.2. The van der Waals surface area contributed by atoms with E-state index in [0.717, 1.165) is 26.2 Å². The third kappa shape index (κ3) is 3.22. The minimum atomic E-state index is -0.422. The third-order valence-electron chi connectivity index (χ3n) is 2.97. The second kappa shape index (κ2) is 5.69. The minimum Gasteiger partial charge on any atom is -0.304 e. The number of halogens is 1. The summed E-state index contributed by atoms with van der Waals surface area (Å²) in [5.41, 5.74) is 3.23. The molecule has 1 N–H and O–H groups in total. The molecule has 0 saturated carbocycles. The first-order chi connectivity index (χ1) is 8.56. The lowest BCUT2D eigenvalue weighted by molar-refractivity contribution is 0.0662. The fourth-order valence-corrected chi connectivity index (χ4v) is 1.99. The van der Waals surface area contributed by atoms with Crippen molar-refractivity contribution in [2.75, 3.05) is 33.2 Å². The van der Waals surface area contributed by atoms with Gasteiger partial charge in [-0.15, -0.1) is 12.6 Å². The maximum Gasteiger partial charge on any atom is 0.265 e. The molecule has 18 heavy (non-hydrogen) atoms. The molecule has 1 amide bonds. The molecule has 1 aliphatic rings. The van der Waals surface area contributed by atoms with Crippen LogP contribution >= 0.6 is 12.6 Å². The van der Waals surface area contributed by atoms with E-state index in [2.05, 4.69) is 23.0 Å². The van der Waals surface area contributed by atoms with Gasteiger partial charge in [0.2, 0.25) is 0 Å². The zero-order valence-corrected chi connectivity index (χ0v) is 11.1. The SMILES string of the molecule is CN1CCN(NC(=O)c2ccc(F)c(S)c2)CC1. The van der Waals surface area contributed by atoms with E-state index in [-0.39, 0.29) is 10.8 Å². The van der Waals surface area contributed by atoms with Crippen LogP contribution in [0.15, 0.2) is 23.1 Å². The Bertz CT molecular complexity index is 447. The number of carbonyl (C=O) groups is 1. The van der Waals surface area contributed by atoms with Crippen LogP contribution in [0.5, 0.6) is 0 Å². The minimum absolute atomic E-state index is 0.182. The van der Waals surface area contributed by atoms with Gasteiger partial charge in [-0.25, -0.2) is 9.40 Å². The van der Waals surface area contributed by atoms with Crippen molar-refractivity contribution in [3.63, 3.8) is 0 Å². The summed E-state index contributed by atoms with van der Waals surface area (Å²) in [6, 6.07) is 4.14. The van der Waals surface area contributed by atoms with Gasteiger partial charge in [0.15, 0.2) is 0 Å². The van der Waals surface area contributed by atoms with E-state index < -0.39 is 5.82 Å². The number of hydrogen-bond donors (Lipinski definition) is 2. The van der Waals surface area contributed by atoms with E-state index in [1.54, 1.807) is 0 Å². The fourth-order valence-electron chi connectivity index (χ4n) is 1.78. The zero-order chi connectivity index (χ0) is 13.1. The number of benzene rings is 1. The van der Waals surface area contributed by atoms with Crippen LogP contribution in [-0.2, 0) is 0 Å². The fraction of sp³-hybridized carbons (Fsp3) is 0.417. The molecule has 4 nitrogen and oxygen atoms in total. The first kappa shape index (κ1) is 13.3. The summed E-state index contributed by atoms with van der Waals surface area (Å²) in [5.74, 6) is -0.649. The number of amides is 1. The van der Waals surface area contributed by atoms with Gasteiger partial charge in [0, 0.05) is 36.6 Å². The molecule has 1 fully saturated rings. The molecule has 1 aromatic carbocycles. The van der Waals surface area contributed by atoms with Crippen molar-refractivity contribution >= 4 is 18.5 Å². The van der Waals surface area contributed by atoms with Crippen molar-refractivity contribution in [2.24, 2.45) is 0 Å². The molecule has 0 spiro atoms. The van der Waals surface area contributed by atoms with Crippen LogP contribution in [0.25, 0.3) is 0 Å². The lowest BCUT2D eigenvalue weighted by Crippen LogP contribution is -2.52. The highest BCUT2D eigenvalue weighted by atomic mass is 32.1. The van der Waals surface area contributed by atoms with Crippen molar-refractivity contribution in [2.45, 2.75) is 4.90 Å². The van der Waals surface area contributed by atoms with Crippen LogP contribution in [-0.4, -0.2) is 49.0 Å². The van der Waals surface area contributed by atoms with Crippen molar-refractivity contribution in [1.29, 1.82) is 0 Å². The van der Waals surface area contributed by atoms with Crippen LogP contribution in [0.1, 0.15) is 10.4 Å². The molecule has 0 aromatic heterocycles. The number of hydrazine groups is 1. The highest BCUT2D eigenvalue weighted by molar-refractivity contribution is 7.80. The Hall–Kier alpha value is -1.11. The highest BCUT2D eigenvalue weighted by Crippen LogP contribution is 2.14. The first-order valence-corrected chi connectivity index (χ1v) is 6.24.